The quantitative estimate of drug-likeness (QED) is 0.182. The molecule has 10 heteroatoms. The summed E-state index contributed by atoms with van der Waals surface area (Å²) in [5.41, 5.74) is 1.61. The first kappa shape index (κ1) is 24.8. The van der Waals surface area contributed by atoms with E-state index in [1.54, 1.807) is 24.3 Å². The van der Waals surface area contributed by atoms with Gasteiger partial charge in [0.15, 0.2) is 5.43 Å². The Morgan fingerprint density at radius 2 is 1.81 bits per heavy atom. The van der Waals surface area contributed by atoms with Gasteiger partial charge in [-0.25, -0.2) is 4.79 Å². The molecule has 1 heterocycles. The number of ether oxygens (including phenoxy) is 1. The van der Waals surface area contributed by atoms with E-state index in [0.717, 1.165) is 0 Å². The summed E-state index contributed by atoms with van der Waals surface area (Å²) in [5, 5.41) is 23.1. The second-order valence-corrected chi connectivity index (χ2v) is 8.91. The normalized spacial score (nSPS) is 10.9. The highest BCUT2D eigenvalue weighted by molar-refractivity contribution is 7.99. The number of esters is 1. The Labute approximate surface area is 209 Å². The van der Waals surface area contributed by atoms with Gasteiger partial charge < -0.3 is 24.7 Å². The summed E-state index contributed by atoms with van der Waals surface area (Å²) in [4.78, 5) is 47.7. The van der Waals surface area contributed by atoms with Crippen molar-refractivity contribution in [2.45, 2.75) is 6.42 Å². The van der Waals surface area contributed by atoms with E-state index in [0.29, 0.717) is 33.5 Å². The molecular formula is C26H21NO8S. The van der Waals surface area contributed by atoms with E-state index < -0.39 is 5.97 Å². The number of thioether (sulfide) groups is 1. The summed E-state index contributed by atoms with van der Waals surface area (Å²) in [7, 11) is 1.30. The lowest BCUT2D eigenvalue weighted by atomic mass is 9.90. The first-order chi connectivity index (χ1) is 17.3. The molecule has 2 aliphatic rings. The summed E-state index contributed by atoms with van der Waals surface area (Å²) < 4.78 is 10.4. The van der Waals surface area contributed by atoms with Crippen molar-refractivity contribution in [1.29, 1.82) is 0 Å². The number of anilines is 1. The number of hydrogen-bond acceptors (Lipinski definition) is 8. The third-order valence-corrected chi connectivity index (χ3v) is 6.35. The van der Waals surface area contributed by atoms with Crippen LogP contribution in [0.15, 0.2) is 63.8 Å². The van der Waals surface area contributed by atoms with Gasteiger partial charge in [-0.1, -0.05) is 6.07 Å². The second kappa shape index (κ2) is 10.5. The van der Waals surface area contributed by atoms with Gasteiger partial charge in [-0.05, 0) is 42.0 Å². The molecule has 0 atom stereocenters. The Morgan fingerprint density at radius 1 is 1.03 bits per heavy atom. The monoisotopic (exact) mass is 507 g/mol. The van der Waals surface area contributed by atoms with E-state index in [-0.39, 0.29) is 52.1 Å². The van der Waals surface area contributed by atoms with Crippen LogP contribution in [0, 0.1) is 0 Å². The van der Waals surface area contributed by atoms with Crippen LogP contribution >= 0.6 is 11.8 Å². The van der Waals surface area contributed by atoms with Crippen molar-refractivity contribution >= 4 is 46.3 Å². The number of fused-ring (bicyclic) bond motifs is 2. The van der Waals surface area contributed by atoms with Crippen molar-refractivity contribution in [2.24, 2.45) is 0 Å². The SMILES string of the molecule is COC(=O)CCSCC(=O)Nc1ccc(-c2c3ccc(=O)cc-3oc3cc(O)ccc23)c(C(=O)O)c1. The smallest absolute Gasteiger partial charge is 0.336 e. The molecule has 1 aliphatic heterocycles. The van der Waals surface area contributed by atoms with Gasteiger partial charge >= 0.3 is 11.9 Å². The molecule has 3 N–H and O–H groups in total. The van der Waals surface area contributed by atoms with Crippen LogP contribution in [0.4, 0.5) is 5.69 Å². The van der Waals surface area contributed by atoms with Crippen LogP contribution in [0.5, 0.6) is 5.75 Å². The summed E-state index contributed by atoms with van der Waals surface area (Å²) in [6.07, 6.45) is 0.184. The first-order valence-electron chi connectivity index (χ1n) is 10.8. The molecule has 1 aliphatic carbocycles. The Bertz CT molecular complexity index is 1510. The molecule has 9 nitrogen and oxygen atoms in total. The van der Waals surface area contributed by atoms with Crippen molar-refractivity contribution < 1.29 is 33.8 Å². The zero-order valence-corrected chi connectivity index (χ0v) is 19.9. The predicted octanol–water partition coefficient (Wildman–Crippen LogP) is 4.20. The molecule has 0 saturated carbocycles. The maximum absolute atomic E-state index is 12.3. The summed E-state index contributed by atoms with van der Waals surface area (Å²) >= 11 is 1.25. The fraction of sp³-hybridized carbons (Fsp3) is 0.154. The number of benzene rings is 3. The zero-order valence-electron chi connectivity index (χ0n) is 19.1. The molecule has 4 rings (SSSR count). The van der Waals surface area contributed by atoms with Gasteiger partial charge in [0.25, 0.3) is 0 Å². The van der Waals surface area contributed by atoms with Gasteiger partial charge in [-0.15, -0.1) is 0 Å². The number of aromatic carboxylic acids is 1. The Hall–Kier alpha value is -4.31. The highest BCUT2D eigenvalue weighted by Crippen LogP contribution is 2.42. The van der Waals surface area contributed by atoms with Crippen LogP contribution in [-0.4, -0.2) is 46.7 Å². The topological polar surface area (TPSA) is 143 Å². The number of carboxylic acids is 1. The Morgan fingerprint density at radius 3 is 2.56 bits per heavy atom. The molecule has 0 bridgehead atoms. The molecule has 0 aromatic heterocycles. The fourth-order valence-corrected chi connectivity index (χ4v) is 4.50. The fourth-order valence-electron chi connectivity index (χ4n) is 3.79. The van der Waals surface area contributed by atoms with E-state index in [2.05, 4.69) is 10.1 Å². The van der Waals surface area contributed by atoms with Gasteiger partial charge in [-0.3, -0.25) is 14.4 Å². The highest BCUT2D eigenvalue weighted by Gasteiger charge is 2.22. The predicted molar refractivity (Wildman–Crippen MR) is 136 cm³/mol. The van der Waals surface area contributed by atoms with Crippen molar-refractivity contribution in [2.75, 3.05) is 23.9 Å². The molecule has 0 unspecified atom stereocenters. The molecular weight excluding hydrogens is 486 g/mol. The number of amides is 1. The average molecular weight is 508 g/mol. The lowest BCUT2D eigenvalue weighted by molar-refractivity contribution is -0.140. The molecule has 36 heavy (non-hydrogen) atoms. The van der Waals surface area contributed by atoms with E-state index in [1.165, 1.54) is 49.2 Å². The van der Waals surface area contributed by atoms with Gasteiger partial charge in [0.2, 0.25) is 5.91 Å². The summed E-state index contributed by atoms with van der Waals surface area (Å²) in [6, 6.07) is 13.2. The Kier molecular flexibility index (Phi) is 7.25. The molecule has 0 fully saturated rings. The third kappa shape index (κ3) is 5.33. The van der Waals surface area contributed by atoms with Crippen LogP contribution in [0.25, 0.3) is 33.4 Å². The number of methoxy groups -OCH3 is 1. The van der Waals surface area contributed by atoms with Crippen LogP contribution in [-0.2, 0) is 14.3 Å². The molecule has 2 aromatic rings. The number of phenols is 1. The van der Waals surface area contributed by atoms with Crippen LogP contribution < -0.4 is 10.7 Å². The molecule has 2 aromatic carbocycles. The molecule has 0 radical (unpaired) electrons. The number of phenolic OH excluding ortho intramolecular Hbond substituents is 1. The van der Waals surface area contributed by atoms with Crippen LogP contribution in [0.2, 0.25) is 0 Å². The maximum atomic E-state index is 12.3. The van der Waals surface area contributed by atoms with Crippen LogP contribution in [0.3, 0.4) is 0 Å². The lowest BCUT2D eigenvalue weighted by Crippen LogP contribution is -2.15. The van der Waals surface area contributed by atoms with E-state index in [1.807, 2.05) is 0 Å². The number of hydrogen-bond donors (Lipinski definition) is 3. The average Bonchev–Trinajstić information content (AvgIpc) is 2.84. The molecule has 184 valence electrons. The highest BCUT2D eigenvalue weighted by atomic mass is 32.2. The minimum absolute atomic E-state index is 0.0456. The zero-order chi connectivity index (χ0) is 25.8. The van der Waals surface area contributed by atoms with E-state index in [9.17, 15) is 29.4 Å². The number of nitrogens with one attached hydrogen (secondary N) is 1. The van der Waals surface area contributed by atoms with Crippen LogP contribution in [0.1, 0.15) is 16.8 Å². The van der Waals surface area contributed by atoms with Gasteiger partial charge in [0, 0.05) is 40.1 Å². The molecule has 1 amide bonds. The number of carboxylic acid groups (broad SMARTS) is 1. The van der Waals surface area contributed by atoms with E-state index in [4.69, 9.17) is 4.42 Å². The third-order valence-electron chi connectivity index (χ3n) is 5.39. The number of carbonyl (C=O) groups excluding carboxylic acids is 2. The van der Waals surface area contributed by atoms with Gasteiger partial charge in [0.1, 0.15) is 17.1 Å². The number of rotatable bonds is 8. The van der Waals surface area contributed by atoms with Crippen molar-refractivity contribution in [3.05, 3.63) is 70.4 Å². The standard InChI is InChI=1S/C26H21NO8S/c1-34-24(31)8-9-36-13-23(30)27-14-2-5-17(20(10-14)26(32)33)25-18-6-3-15(28)11-21(18)35-22-12-16(29)4-7-19(22)25/h2-7,10-12,28H,8-9,13H2,1H3,(H,27,30)(H,32,33). The Balaban J connectivity index is 1.71. The maximum Gasteiger partial charge on any atom is 0.336 e. The summed E-state index contributed by atoms with van der Waals surface area (Å²) in [6.45, 7) is 0. The molecule has 0 saturated heterocycles. The number of aromatic hydroxyl groups is 1. The second-order valence-electron chi connectivity index (χ2n) is 7.81. The minimum Gasteiger partial charge on any atom is -0.508 e. The first-order valence-corrected chi connectivity index (χ1v) is 11.9. The van der Waals surface area contributed by atoms with Crippen molar-refractivity contribution in [3.8, 4) is 28.2 Å². The van der Waals surface area contributed by atoms with Gasteiger partial charge in [0.05, 0.1) is 24.8 Å². The van der Waals surface area contributed by atoms with Gasteiger partial charge in [-0.2, -0.15) is 11.8 Å². The largest absolute Gasteiger partial charge is 0.508 e. The van der Waals surface area contributed by atoms with Crippen molar-refractivity contribution in [1.82, 2.24) is 0 Å². The molecule has 0 spiro atoms. The van der Waals surface area contributed by atoms with E-state index >= 15 is 0 Å². The van der Waals surface area contributed by atoms with Crippen molar-refractivity contribution in [3.63, 3.8) is 0 Å². The summed E-state index contributed by atoms with van der Waals surface area (Å²) in [5.74, 6) is -1.22. The number of carbonyl (C=O) groups is 3. The minimum atomic E-state index is -1.21. The lowest BCUT2D eigenvalue weighted by Gasteiger charge is -2.17.